The van der Waals surface area contributed by atoms with Crippen LogP contribution in [0.5, 0.6) is 5.75 Å². The van der Waals surface area contributed by atoms with E-state index in [4.69, 9.17) is 15.0 Å². The molecule has 2 N–H and O–H groups in total. The van der Waals surface area contributed by atoms with Gasteiger partial charge in [0.2, 0.25) is 0 Å². The molecule has 6 aromatic carbocycles. The molecule has 0 bridgehead atoms. The van der Waals surface area contributed by atoms with Gasteiger partial charge in [-0.2, -0.15) is 0 Å². The Morgan fingerprint density at radius 3 is 2.02 bits per heavy atom. The van der Waals surface area contributed by atoms with Crippen molar-refractivity contribution in [3.8, 4) is 61.8 Å². The first kappa shape index (κ1) is 36.1. The SMILES string of the molecule is Cc1ccc(-c2cc(-c3ccc4ccccc4c3)cc3[nH]c(-c4cc(C(C)(C)C)ccc4O)nc23)cc1-c1cc(C(C)(C)C)cc2c(-c3ccccn3)ccnc12. The van der Waals surface area contributed by atoms with E-state index in [1.54, 1.807) is 6.07 Å². The number of nitrogens with one attached hydrogen (secondary N) is 1. The largest absolute Gasteiger partial charge is 0.507 e. The number of phenols is 1. The molecule has 0 unspecified atom stereocenters. The molecule has 0 saturated heterocycles. The second kappa shape index (κ2) is 13.6. The van der Waals surface area contributed by atoms with Gasteiger partial charge in [0.15, 0.2) is 0 Å². The molecule has 0 aliphatic heterocycles. The van der Waals surface area contributed by atoms with Gasteiger partial charge in [-0.25, -0.2) is 4.98 Å². The number of phenolic OH excluding ortho intramolecular Hbond substituents is 1. The number of hydrogen-bond donors (Lipinski definition) is 2. The minimum atomic E-state index is -0.104. The summed E-state index contributed by atoms with van der Waals surface area (Å²) in [6.07, 6.45) is 3.75. The Labute approximate surface area is 334 Å². The van der Waals surface area contributed by atoms with Crippen molar-refractivity contribution >= 4 is 32.7 Å². The minimum absolute atomic E-state index is 0.0944. The van der Waals surface area contributed by atoms with Gasteiger partial charge in [-0.05, 0) is 134 Å². The van der Waals surface area contributed by atoms with E-state index in [1.165, 1.54) is 16.3 Å². The number of aromatic hydroxyl groups is 1. The van der Waals surface area contributed by atoms with Crippen molar-refractivity contribution < 1.29 is 5.11 Å². The summed E-state index contributed by atoms with van der Waals surface area (Å²) >= 11 is 0. The highest BCUT2D eigenvalue weighted by Crippen LogP contribution is 2.42. The van der Waals surface area contributed by atoms with Crippen molar-refractivity contribution in [1.29, 1.82) is 0 Å². The minimum Gasteiger partial charge on any atom is -0.507 e. The second-order valence-corrected chi connectivity index (χ2v) is 17.3. The van der Waals surface area contributed by atoms with Gasteiger partial charge < -0.3 is 10.1 Å². The Morgan fingerprint density at radius 2 is 1.25 bits per heavy atom. The number of H-pyrrole nitrogens is 1. The van der Waals surface area contributed by atoms with E-state index in [2.05, 4.69) is 157 Å². The Morgan fingerprint density at radius 1 is 0.509 bits per heavy atom. The normalized spacial score (nSPS) is 12.2. The second-order valence-electron chi connectivity index (χ2n) is 17.3. The summed E-state index contributed by atoms with van der Waals surface area (Å²) < 4.78 is 0. The molecule has 0 saturated carbocycles. The number of fused-ring (bicyclic) bond motifs is 3. The average Bonchev–Trinajstić information content (AvgIpc) is 3.64. The first-order chi connectivity index (χ1) is 27.3. The summed E-state index contributed by atoms with van der Waals surface area (Å²) in [6, 6.07) is 44.8. The maximum Gasteiger partial charge on any atom is 0.142 e. The van der Waals surface area contributed by atoms with Gasteiger partial charge in [0.25, 0.3) is 0 Å². The number of hydrogen-bond acceptors (Lipinski definition) is 4. The Hall–Kier alpha value is -6.59. The van der Waals surface area contributed by atoms with Crippen LogP contribution < -0.4 is 0 Å². The monoisotopic (exact) mass is 742 g/mol. The molecule has 5 heteroatoms. The maximum absolute atomic E-state index is 11.2. The standard InChI is InChI=1S/C52H46N4O/c1-31-15-16-35(25-40(31)43-30-38(52(5,6)7)29-42-39(21-23-54-48(42)43)45-14-10-11-22-53-45)41-26-36(34-18-17-32-12-8-9-13-33(32)24-34)27-46-49(41)56-50(55-46)44-28-37(51(2,3)4)19-20-47(44)57/h8-30,57H,1-7H3,(H,55,56). The summed E-state index contributed by atoms with van der Waals surface area (Å²) in [7, 11) is 0. The van der Waals surface area contributed by atoms with Gasteiger partial charge >= 0.3 is 0 Å². The summed E-state index contributed by atoms with van der Waals surface area (Å²) in [4.78, 5) is 18.7. The number of imidazole rings is 1. The first-order valence-corrected chi connectivity index (χ1v) is 19.6. The zero-order valence-corrected chi connectivity index (χ0v) is 33.6. The highest BCUT2D eigenvalue weighted by Gasteiger charge is 2.23. The molecule has 3 aromatic heterocycles. The highest BCUT2D eigenvalue weighted by atomic mass is 16.3. The van der Waals surface area contributed by atoms with Crippen molar-refractivity contribution in [2.75, 3.05) is 0 Å². The van der Waals surface area contributed by atoms with Gasteiger partial charge in [-0.15, -0.1) is 0 Å². The smallest absolute Gasteiger partial charge is 0.142 e. The van der Waals surface area contributed by atoms with Gasteiger partial charge in [0.1, 0.15) is 11.6 Å². The van der Waals surface area contributed by atoms with Crippen LogP contribution in [0.1, 0.15) is 58.2 Å². The molecule has 9 rings (SSSR count). The predicted octanol–water partition coefficient (Wildman–Crippen LogP) is 13.6. The number of aromatic amines is 1. The zero-order valence-electron chi connectivity index (χ0n) is 33.6. The lowest BCUT2D eigenvalue weighted by molar-refractivity contribution is 0.475. The Bertz CT molecular complexity index is 3000. The third-order valence-electron chi connectivity index (χ3n) is 11.3. The van der Waals surface area contributed by atoms with Crippen molar-refractivity contribution in [3.63, 3.8) is 0 Å². The van der Waals surface area contributed by atoms with E-state index in [-0.39, 0.29) is 16.6 Å². The zero-order chi connectivity index (χ0) is 39.6. The molecule has 0 radical (unpaired) electrons. The predicted molar refractivity (Wildman–Crippen MR) is 238 cm³/mol. The maximum atomic E-state index is 11.2. The third-order valence-corrected chi connectivity index (χ3v) is 11.3. The molecule has 9 aromatic rings. The van der Waals surface area contributed by atoms with Crippen LogP contribution in [-0.2, 0) is 10.8 Å². The molecule has 0 aliphatic carbocycles. The highest BCUT2D eigenvalue weighted by molar-refractivity contribution is 6.04. The molecule has 3 heterocycles. The van der Waals surface area contributed by atoms with Crippen LogP contribution in [0.15, 0.2) is 140 Å². The lowest BCUT2D eigenvalue weighted by Gasteiger charge is -2.23. The van der Waals surface area contributed by atoms with Crippen LogP contribution in [0.25, 0.3) is 88.7 Å². The molecule has 0 atom stereocenters. The van der Waals surface area contributed by atoms with E-state index < -0.39 is 0 Å². The topological polar surface area (TPSA) is 74.7 Å². The molecule has 0 amide bonds. The number of rotatable bonds is 5. The van der Waals surface area contributed by atoms with Crippen LogP contribution in [0.2, 0.25) is 0 Å². The van der Waals surface area contributed by atoms with E-state index in [1.807, 2.05) is 30.6 Å². The van der Waals surface area contributed by atoms with Crippen molar-refractivity contribution in [2.24, 2.45) is 0 Å². The van der Waals surface area contributed by atoms with Gasteiger partial charge in [0.05, 0.1) is 27.8 Å². The van der Waals surface area contributed by atoms with Crippen LogP contribution in [-0.4, -0.2) is 25.0 Å². The summed E-state index contributed by atoms with van der Waals surface area (Å²) in [5, 5.41) is 14.7. The molecule has 57 heavy (non-hydrogen) atoms. The van der Waals surface area contributed by atoms with Crippen LogP contribution >= 0.6 is 0 Å². The fourth-order valence-corrected chi connectivity index (χ4v) is 7.91. The summed E-state index contributed by atoms with van der Waals surface area (Å²) in [5.41, 5.74) is 15.1. The molecule has 280 valence electrons. The van der Waals surface area contributed by atoms with E-state index in [9.17, 15) is 5.11 Å². The summed E-state index contributed by atoms with van der Waals surface area (Å²) in [6.45, 7) is 15.5. The third kappa shape index (κ3) is 6.63. The van der Waals surface area contributed by atoms with Gasteiger partial charge in [0, 0.05) is 34.5 Å². The van der Waals surface area contributed by atoms with Gasteiger partial charge in [-0.1, -0.05) is 102 Å². The van der Waals surface area contributed by atoms with E-state index in [0.717, 1.165) is 77.7 Å². The molecule has 0 fully saturated rings. The van der Waals surface area contributed by atoms with E-state index in [0.29, 0.717) is 11.4 Å². The molecular weight excluding hydrogens is 697 g/mol. The average molecular weight is 743 g/mol. The molecule has 0 spiro atoms. The number of aromatic nitrogens is 4. The van der Waals surface area contributed by atoms with Crippen molar-refractivity contribution in [1.82, 2.24) is 19.9 Å². The number of aryl methyl sites for hydroxylation is 1. The van der Waals surface area contributed by atoms with Crippen LogP contribution in [0.4, 0.5) is 0 Å². The molecule has 5 nitrogen and oxygen atoms in total. The fourth-order valence-electron chi connectivity index (χ4n) is 7.91. The van der Waals surface area contributed by atoms with Crippen LogP contribution in [0.3, 0.4) is 0 Å². The lowest BCUT2D eigenvalue weighted by atomic mass is 9.82. The van der Waals surface area contributed by atoms with Gasteiger partial charge in [-0.3, -0.25) is 9.97 Å². The first-order valence-electron chi connectivity index (χ1n) is 19.6. The lowest BCUT2D eigenvalue weighted by Crippen LogP contribution is -2.11. The summed E-state index contributed by atoms with van der Waals surface area (Å²) in [5.74, 6) is 0.826. The van der Waals surface area contributed by atoms with Crippen molar-refractivity contribution in [2.45, 2.75) is 59.3 Å². The van der Waals surface area contributed by atoms with E-state index >= 15 is 0 Å². The Balaban J connectivity index is 1.29. The van der Waals surface area contributed by atoms with Crippen LogP contribution in [0, 0.1) is 6.92 Å². The number of pyridine rings is 2. The number of nitrogens with zero attached hydrogens (tertiary/aromatic N) is 3. The molecule has 0 aliphatic rings. The Kier molecular flexibility index (Phi) is 8.58. The quantitative estimate of drug-likeness (QED) is 0.184. The molecular formula is C52H46N4O. The van der Waals surface area contributed by atoms with Crippen molar-refractivity contribution in [3.05, 3.63) is 156 Å². The fraction of sp³-hybridized carbons (Fsp3) is 0.173. The number of benzene rings is 6.